The van der Waals surface area contributed by atoms with Gasteiger partial charge < -0.3 is 19.5 Å². The Kier molecular flexibility index (Phi) is 7.56. The number of halogens is 1. The molecule has 0 radical (unpaired) electrons. The third-order valence-corrected chi connectivity index (χ3v) is 4.04. The fraction of sp³-hybridized carbons (Fsp3) is 0.238. The summed E-state index contributed by atoms with van der Waals surface area (Å²) in [6.45, 7) is 0. The molecule has 1 amide bonds. The molecular formula is C21H22FNO5. The molecule has 1 atom stereocenters. The summed E-state index contributed by atoms with van der Waals surface area (Å²) in [7, 11) is 4.28. The third kappa shape index (κ3) is 5.57. The number of benzene rings is 2. The number of nitrogens with one attached hydrogen (secondary N) is 1. The van der Waals surface area contributed by atoms with Crippen LogP contribution >= 0.6 is 0 Å². The van der Waals surface area contributed by atoms with Gasteiger partial charge >= 0.3 is 5.97 Å². The number of carbonyl (C=O) groups excluding carboxylic acids is 2. The molecule has 0 heterocycles. The Morgan fingerprint density at radius 2 is 1.79 bits per heavy atom. The Morgan fingerprint density at radius 1 is 1.07 bits per heavy atom. The number of amides is 1. The van der Waals surface area contributed by atoms with Crippen molar-refractivity contribution in [1.82, 2.24) is 5.32 Å². The average molecular weight is 387 g/mol. The standard InChI is InChI=1S/C21H22FNO5/c1-26-18-10-8-15(12-19(18)27-2)17(13-21(25)28-3)23-20(24)11-9-14-6-4-5-7-16(14)22/h4-12,17H,13H2,1-3H3,(H,23,24)/b11-9+. The van der Waals surface area contributed by atoms with Crippen LogP contribution in [0.1, 0.15) is 23.6 Å². The highest BCUT2D eigenvalue weighted by atomic mass is 19.1. The van der Waals surface area contributed by atoms with Gasteiger partial charge in [0.05, 0.1) is 33.8 Å². The highest BCUT2D eigenvalue weighted by Crippen LogP contribution is 2.31. The van der Waals surface area contributed by atoms with Crippen LogP contribution in [0.15, 0.2) is 48.5 Å². The largest absolute Gasteiger partial charge is 0.493 e. The van der Waals surface area contributed by atoms with Gasteiger partial charge in [-0.1, -0.05) is 24.3 Å². The molecule has 0 saturated heterocycles. The van der Waals surface area contributed by atoms with Gasteiger partial charge in [-0.05, 0) is 29.8 Å². The first-order valence-corrected chi connectivity index (χ1v) is 8.50. The maximum absolute atomic E-state index is 13.7. The first-order chi connectivity index (χ1) is 13.5. The lowest BCUT2D eigenvalue weighted by molar-refractivity contribution is -0.141. The summed E-state index contributed by atoms with van der Waals surface area (Å²) in [6.07, 6.45) is 2.50. The van der Waals surface area contributed by atoms with E-state index in [1.165, 1.54) is 39.5 Å². The minimum atomic E-state index is -0.662. The molecule has 2 aromatic rings. The quantitative estimate of drug-likeness (QED) is 0.556. The predicted octanol–water partition coefficient (Wildman–Crippen LogP) is 3.28. The Balaban J connectivity index is 2.22. The second kappa shape index (κ2) is 10.1. The van der Waals surface area contributed by atoms with Crippen molar-refractivity contribution >= 4 is 18.0 Å². The Bertz CT molecular complexity index is 866. The van der Waals surface area contributed by atoms with Gasteiger partial charge in [-0.2, -0.15) is 0 Å². The van der Waals surface area contributed by atoms with Gasteiger partial charge in [-0.3, -0.25) is 9.59 Å². The van der Waals surface area contributed by atoms with Gasteiger partial charge in [-0.15, -0.1) is 0 Å². The minimum absolute atomic E-state index is 0.0781. The van der Waals surface area contributed by atoms with Crippen LogP contribution in [-0.2, 0) is 14.3 Å². The van der Waals surface area contributed by atoms with E-state index in [0.717, 1.165) is 0 Å². The zero-order chi connectivity index (χ0) is 20.5. The van der Waals surface area contributed by atoms with Crippen molar-refractivity contribution in [2.24, 2.45) is 0 Å². The molecule has 2 aromatic carbocycles. The molecule has 0 aliphatic carbocycles. The van der Waals surface area contributed by atoms with E-state index in [1.54, 1.807) is 36.4 Å². The molecule has 7 heteroatoms. The highest BCUT2D eigenvalue weighted by molar-refractivity contribution is 5.92. The van der Waals surface area contributed by atoms with Gasteiger partial charge in [0.25, 0.3) is 0 Å². The molecule has 0 fully saturated rings. The molecule has 6 nitrogen and oxygen atoms in total. The summed E-state index contributed by atoms with van der Waals surface area (Å²) in [6, 6.07) is 10.5. The summed E-state index contributed by atoms with van der Waals surface area (Å²) in [5.41, 5.74) is 0.920. The number of esters is 1. The zero-order valence-electron chi connectivity index (χ0n) is 15.9. The molecule has 0 spiro atoms. The van der Waals surface area contributed by atoms with E-state index in [4.69, 9.17) is 14.2 Å². The van der Waals surface area contributed by atoms with Crippen LogP contribution in [0.3, 0.4) is 0 Å². The lowest BCUT2D eigenvalue weighted by Crippen LogP contribution is -2.29. The molecule has 0 aliphatic rings. The van der Waals surface area contributed by atoms with E-state index in [-0.39, 0.29) is 12.0 Å². The normalized spacial score (nSPS) is 11.7. The SMILES string of the molecule is COC(=O)CC(NC(=O)/C=C/c1ccccc1F)c1ccc(OC)c(OC)c1. The minimum Gasteiger partial charge on any atom is -0.493 e. The van der Waals surface area contributed by atoms with E-state index >= 15 is 0 Å². The number of hydrogen-bond acceptors (Lipinski definition) is 5. The van der Waals surface area contributed by atoms with Crippen LogP contribution in [0.5, 0.6) is 11.5 Å². The molecule has 28 heavy (non-hydrogen) atoms. The van der Waals surface area contributed by atoms with Crippen molar-refractivity contribution in [1.29, 1.82) is 0 Å². The van der Waals surface area contributed by atoms with Gasteiger partial charge in [-0.25, -0.2) is 4.39 Å². The van der Waals surface area contributed by atoms with Crippen molar-refractivity contribution < 1.29 is 28.2 Å². The molecule has 2 rings (SSSR count). The number of methoxy groups -OCH3 is 3. The second-order valence-electron chi connectivity index (χ2n) is 5.81. The van der Waals surface area contributed by atoms with E-state index < -0.39 is 23.7 Å². The van der Waals surface area contributed by atoms with Crippen LogP contribution in [0, 0.1) is 5.82 Å². The number of ether oxygens (including phenoxy) is 3. The molecule has 148 valence electrons. The van der Waals surface area contributed by atoms with Gasteiger partial charge in [0.1, 0.15) is 5.82 Å². The van der Waals surface area contributed by atoms with Crippen molar-refractivity contribution in [2.75, 3.05) is 21.3 Å². The lowest BCUT2D eigenvalue weighted by Gasteiger charge is -2.19. The van der Waals surface area contributed by atoms with Gasteiger partial charge in [0.2, 0.25) is 5.91 Å². The number of carbonyl (C=O) groups is 2. The monoisotopic (exact) mass is 387 g/mol. The van der Waals surface area contributed by atoms with Crippen LogP contribution in [0.4, 0.5) is 4.39 Å². The van der Waals surface area contributed by atoms with E-state index in [0.29, 0.717) is 17.1 Å². The van der Waals surface area contributed by atoms with Gasteiger partial charge in [0.15, 0.2) is 11.5 Å². The Morgan fingerprint density at radius 3 is 2.43 bits per heavy atom. The summed E-state index contributed by atoms with van der Waals surface area (Å²) in [4.78, 5) is 24.1. The van der Waals surface area contributed by atoms with Gasteiger partial charge in [0, 0.05) is 11.6 Å². The zero-order valence-corrected chi connectivity index (χ0v) is 15.9. The fourth-order valence-electron chi connectivity index (χ4n) is 2.57. The fourth-order valence-corrected chi connectivity index (χ4v) is 2.57. The molecule has 0 bridgehead atoms. The molecule has 0 saturated carbocycles. The summed E-state index contributed by atoms with van der Waals surface area (Å²) in [5.74, 6) is -0.414. The first-order valence-electron chi connectivity index (χ1n) is 8.50. The van der Waals surface area contributed by atoms with Crippen LogP contribution in [0.25, 0.3) is 6.08 Å². The van der Waals surface area contributed by atoms with Crippen LogP contribution in [0.2, 0.25) is 0 Å². The van der Waals surface area contributed by atoms with Crippen LogP contribution < -0.4 is 14.8 Å². The summed E-state index contributed by atoms with van der Waals surface area (Å²) < 4.78 is 28.9. The Hall–Kier alpha value is -3.35. The maximum Gasteiger partial charge on any atom is 0.307 e. The van der Waals surface area contributed by atoms with Crippen molar-refractivity contribution in [2.45, 2.75) is 12.5 Å². The second-order valence-corrected chi connectivity index (χ2v) is 5.81. The first kappa shape index (κ1) is 21.0. The van der Waals surface area contributed by atoms with Crippen LogP contribution in [-0.4, -0.2) is 33.2 Å². The highest BCUT2D eigenvalue weighted by Gasteiger charge is 2.20. The number of hydrogen-bond donors (Lipinski definition) is 1. The topological polar surface area (TPSA) is 73.9 Å². The van der Waals surface area contributed by atoms with E-state index in [1.807, 2.05) is 0 Å². The molecule has 1 N–H and O–H groups in total. The summed E-state index contributed by atoms with van der Waals surface area (Å²) in [5, 5.41) is 2.73. The lowest BCUT2D eigenvalue weighted by atomic mass is 10.0. The van der Waals surface area contributed by atoms with Crippen molar-refractivity contribution in [3.05, 3.63) is 65.5 Å². The Labute approximate surface area is 162 Å². The molecular weight excluding hydrogens is 365 g/mol. The van der Waals surface area contributed by atoms with Crippen molar-refractivity contribution in [3.8, 4) is 11.5 Å². The smallest absolute Gasteiger partial charge is 0.307 e. The molecule has 0 aliphatic heterocycles. The molecule has 0 aromatic heterocycles. The van der Waals surface area contributed by atoms with E-state index in [9.17, 15) is 14.0 Å². The summed E-state index contributed by atoms with van der Waals surface area (Å²) >= 11 is 0. The average Bonchev–Trinajstić information content (AvgIpc) is 2.71. The van der Waals surface area contributed by atoms with E-state index in [2.05, 4.69) is 5.32 Å². The third-order valence-electron chi connectivity index (χ3n) is 4.04. The number of rotatable bonds is 8. The van der Waals surface area contributed by atoms with Crippen molar-refractivity contribution in [3.63, 3.8) is 0 Å². The maximum atomic E-state index is 13.7. The predicted molar refractivity (Wildman–Crippen MR) is 102 cm³/mol. The molecule has 1 unspecified atom stereocenters.